The first kappa shape index (κ1) is 12.0. The summed E-state index contributed by atoms with van der Waals surface area (Å²) in [6.07, 6.45) is 0. The topological polar surface area (TPSA) is 67.8 Å². The monoisotopic (exact) mass is 317 g/mol. The zero-order valence-corrected chi connectivity index (χ0v) is 11.9. The van der Waals surface area contributed by atoms with Gasteiger partial charge in [0, 0.05) is 0 Å². The van der Waals surface area contributed by atoms with Gasteiger partial charge in [0.15, 0.2) is 16.2 Å². The summed E-state index contributed by atoms with van der Waals surface area (Å²) in [6.45, 7) is 2.04. The number of furan rings is 1. The van der Waals surface area contributed by atoms with Crippen molar-refractivity contribution in [3.63, 3.8) is 0 Å². The van der Waals surface area contributed by atoms with Crippen molar-refractivity contribution in [2.24, 2.45) is 0 Å². The predicted octanol–water partition coefficient (Wildman–Crippen LogP) is 3.99. The Morgan fingerprint density at radius 2 is 2.11 bits per heavy atom. The number of aromatic nitrogens is 2. The van der Waals surface area contributed by atoms with Gasteiger partial charge in [-0.1, -0.05) is 29.8 Å². The standard InChI is InChI=1S/C14H12BrN3O/c1-8-3-2-4-9(7-8)12-13(17-18-14(12)16)10-5-6-11(15)19-10/h2-7H,1H3,(H3,16,17,18). The van der Waals surface area contributed by atoms with Gasteiger partial charge < -0.3 is 10.2 Å². The molecule has 0 saturated heterocycles. The fourth-order valence-electron chi connectivity index (χ4n) is 2.08. The van der Waals surface area contributed by atoms with Gasteiger partial charge in [-0.3, -0.25) is 5.10 Å². The molecule has 3 N–H and O–H groups in total. The number of benzene rings is 1. The number of hydrogen-bond acceptors (Lipinski definition) is 3. The number of nitrogen functional groups attached to an aromatic ring is 1. The first-order valence-corrected chi connectivity index (χ1v) is 6.61. The maximum Gasteiger partial charge on any atom is 0.169 e. The minimum Gasteiger partial charge on any atom is -0.448 e. The first-order valence-electron chi connectivity index (χ1n) is 5.82. The summed E-state index contributed by atoms with van der Waals surface area (Å²) in [5.74, 6) is 1.17. The third-order valence-electron chi connectivity index (χ3n) is 2.92. The van der Waals surface area contributed by atoms with Crippen LogP contribution < -0.4 is 5.73 Å². The number of aryl methyl sites for hydroxylation is 1. The molecule has 2 heterocycles. The van der Waals surface area contributed by atoms with Gasteiger partial charge in [0.1, 0.15) is 5.69 Å². The third kappa shape index (κ3) is 2.17. The molecule has 96 valence electrons. The Morgan fingerprint density at radius 3 is 2.79 bits per heavy atom. The lowest BCUT2D eigenvalue weighted by atomic mass is 10.0. The number of hydrogen-bond donors (Lipinski definition) is 2. The van der Waals surface area contributed by atoms with E-state index in [9.17, 15) is 0 Å². The van der Waals surface area contributed by atoms with Crippen LogP contribution in [0, 0.1) is 6.92 Å². The Kier molecular flexibility index (Phi) is 2.91. The molecule has 0 unspecified atom stereocenters. The summed E-state index contributed by atoms with van der Waals surface area (Å²) in [4.78, 5) is 0. The molecule has 0 saturated carbocycles. The Morgan fingerprint density at radius 1 is 1.26 bits per heavy atom. The number of nitrogens with two attached hydrogens (primary N) is 1. The summed E-state index contributed by atoms with van der Waals surface area (Å²) in [5.41, 5.74) is 9.82. The van der Waals surface area contributed by atoms with Crippen LogP contribution in [0.15, 0.2) is 45.5 Å². The van der Waals surface area contributed by atoms with E-state index in [4.69, 9.17) is 10.2 Å². The summed E-state index contributed by atoms with van der Waals surface area (Å²) in [7, 11) is 0. The first-order chi connectivity index (χ1) is 9.15. The summed E-state index contributed by atoms with van der Waals surface area (Å²) in [6, 6.07) is 11.8. The molecule has 3 rings (SSSR count). The van der Waals surface area contributed by atoms with Crippen molar-refractivity contribution in [3.8, 4) is 22.6 Å². The molecule has 0 aliphatic rings. The molecule has 0 amide bonds. The third-order valence-corrected chi connectivity index (χ3v) is 3.35. The van der Waals surface area contributed by atoms with Crippen LogP contribution in [0.5, 0.6) is 0 Å². The average molecular weight is 318 g/mol. The van der Waals surface area contributed by atoms with Crippen LogP contribution in [0.1, 0.15) is 5.56 Å². The van der Waals surface area contributed by atoms with Crippen molar-refractivity contribution in [1.29, 1.82) is 0 Å². The summed E-state index contributed by atoms with van der Waals surface area (Å²) >= 11 is 3.30. The zero-order valence-electron chi connectivity index (χ0n) is 10.3. The maximum absolute atomic E-state index is 5.97. The van der Waals surface area contributed by atoms with Gasteiger partial charge in [0.2, 0.25) is 0 Å². The number of halogens is 1. The minimum absolute atomic E-state index is 0.466. The number of aromatic amines is 1. The Bertz CT molecular complexity index is 730. The van der Waals surface area contributed by atoms with E-state index in [1.165, 1.54) is 5.56 Å². The molecule has 4 nitrogen and oxygen atoms in total. The van der Waals surface area contributed by atoms with Crippen LogP contribution in [0.25, 0.3) is 22.6 Å². The normalized spacial score (nSPS) is 10.8. The predicted molar refractivity (Wildman–Crippen MR) is 78.6 cm³/mol. The van der Waals surface area contributed by atoms with E-state index >= 15 is 0 Å². The second-order valence-electron chi connectivity index (χ2n) is 4.33. The van der Waals surface area contributed by atoms with Crippen molar-refractivity contribution in [1.82, 2.24) is 10.2 Å². The van der Waals surface area contributed by atoms with Gasteiger partial charge in [-0.15, -0.1) is 0 Å². The van der Waals surface area contributed by atoms with Crippen LogP contribution >= 0.6 is 15.9 Å². The lowest BCUT2D eigenvalue weighted by molar-refractivity contribution is 0.553. The second-order valence-corrected chi connectivity index (χ2v) is 5.11. The highest BCUT2D eigenvalue weighted by atomic mass is 79.9. The van der Waals surface area contributed by atoms with E-state index in [2.05, 4.69) is 32.2 Å². The van der Waals surface area contributed by atoms with Gasteiger partial charge in [-0.25, -0.2) is 0 Å². The van der Waals surface area contributed by atoms with E-state index in [0.717, 1.165) is 16.8 Å². The Hall–Kier alpha value is -2.01. The number of nitrogens with one attached hydrogen (secondary N) is 1. The molecule has 0 radical (unpaired) electrons. The van der Waals surface area contributed by atoms with Crippen molar-refractivity contribution < 1.29 is 4.42 Å². The van der Waals surface area contributed by atoms with Gasteiger partial charge in [0.25, 0.3) is 0 Å². The number of nitrogens with zero attached hydrogens (tertiary/aromatic N) is 1. The van der Waals surface area contributed by atoms with Crippen molar-refractivity contribution >= 4 is 21.7 Å². The maximum atomic E-state index is 5.97. The van der Waals surface area contributed by atoms with Crippen LogP contribution in [0.3, 0.4) is 0 Å². The second kappa shape index (κ2) is 4.59. The van der Waals surface area contributed by atoms with Crippen LogP contribution in [0.4, 0.5) is 5.82 Å². The molecule has 0 spiro atoms. The molecule has 19 heavy (non-hydrogen) atoms. The molecule has 0 bridgehead atoms. The average Bonchev–Trinajstić information content (AvgIpc) is 2.95. The highest BCUT2D eigenvalue weighted by Gasteiger charge is 2.17. The Labute approximate surface area is 118 Å². The molecular formula is C14H12BrN3O. The quantitative estimate of drug-likeness (QED) is 0.751. The number of rotatable bonds is 2. The molecular weight excluding hydrogens is 306 g/mol. The van der Waals surface area contributed by atoms with E-state index in [1.807, 2.05) is 37.3 Å². The van der Waals surface area contributed by atoms with Crippen molar-refractivity contribution in [2.75, 3.05) is 5.73 Å². The van der Waals surface area contributed by atoms with E-state index in [1.54, 1.807) is 0 Å². The Balaban J connectivity index is 2.19. The lowest BCUT2D eigenvalue weighted by Gasteiger charge is -2.03. The fraction of sp³-hybridized carbons (Fsp3) is 0.0714. The van der Waals surface area contributed by atoms with Gasteiger partial charge in [0.05, 0.1) is 5.56 Å². The molecule has 5 heteroatoms. The highest BCUT2D eigenvalue weighted by molar-refractivity contribution is 9.10. The molecule has 0 atom stereocenters. The minimum atomic E-state index is 0.466. The van der Waals surface area contributed by atoms with Crippen LogP contribution in [0.2, 0.25) is 0 Å². The molecule has 3 aromatic rings. The van der Waals surface area contributed by atoms with E-state index < -0.39 is 0 Å². The molecule has 2 aromatic heterocycles. The zero-order chi connectivity index (χ0) is 13.4. The van der Waals surface area contributed by atoms with Crippen LogP contribution in [-0.4, -0.2) is 10.2 Å². The van der Waals surface area contributed by atoms with E-state index in [0.29, 0.717) is 16.2 Å². The molecule has 1 aromatic carbocycles. The van der Waals surface area contributed by atoms with Crippen molar-refractivity contribution in [2.45, 2.75) is 6.92 Å². The van der Waals surface area contributed by atoms with Crippen molar-refractivity contribution in [3.05, 3.63) is 46.6 Å². The van der Waals surface area contributed by atoms with Gasteiger partial charge in [-0.2, -0.15) is 5.10 Å². The summed E-state index contributed by atoms with van der Waals surface area (Å²) < 4.78 is 6.24. The largest absolute Gasteiger partial charge is 0.448 e. The lowest BCUT2D eigenvalue weighted by Crippen LogP contribution is -1.88. The van der Waals surface area contributed by atoms with Gasteiger partial charge >= 0.3 is 0 Å². The SMILES string of the molecule is Cc1cccc(-c2c(N)n[nH]c2-c2ccc(Br)o2)c1. The summed E-state index contributed by atoms with van der Waals surface area (Å²) in [5, 5.41) is 7.02. The highest BCUT2D eigenvalue weighted by Crippen LogP contribution is 2.36. The fourth-order valence-corrected chi connectivity index (χ4v) is 2.38. The van der Waals surface area contributed by atoms with Gasteiger partial charge in [-0.05, 0) is 40.5 Å². The van der Waals surface area contributed by atoms with Crippen LogP contribution in [-0.2, 0) is 0 Å². The molecule has 0 fully saturated rings. The molecule has 0 aliphatic heterocycles. The number of anilines is 1. The van der Waals surface area contributed by atoms with E-state index in [-0.39, 0.29) is 0 Å². The number of H-pyrrole nitrogens is 1. The molecule has 0 aliphatic carbocycles. The smallest absolute Gasteiger partial charge is 0.169 e.